The van der Waals surface area contributed by atoms with Gasteiger partial charge >= 0.3 is 0 Å². The largest absolute Gasteiger partial charge is 0.497 e. The lowest BCUT2D eigenvalue weighted by Crippen LogP contribution is -2.46. The molecule has 27 heavy (non-hydrogen) atoms. The number of methoxy groups -OCH3 is 2. The first kappa shape index (κ1) is 19.1. The molecule has 1 aliphatic carbocycles. The van der Waals surface area contributed by atoms with Crippen molar-refractivity contribution in [3.63, 3.8) is 0 Å². The minimum Gasteiger partial charge on any atom is -0.497 e. The number of anilines is 1. The summed E-state index contributed by atoms with van der Waals surface area (Å²) in [5.74, 6) is 2.67. The topological polar surface area (TPSA) is 48.0 Å². The molecule has 2 aromatic rings. The minimum atomic E-state index is -0.596. The summed E-state index contributed by atoms with van der Waals surface area (Å²) in [4.78, 5) is 15.1. The summed E-state index contributed by atoms with van der Waals surface area (Å²) in [6, 6.07) is 15.0. The summed E-state index contributed by atoms with van der Waals surface area (Å²) in [6.45, 7) is 3.91. The fourth-order valence-electron chi connectivity index (χ4n) is 3.20. The molecule has 1 saturated carbocycles. The zero-order valence-electron chi connectivity index (χ0n) is 16.3. The van der Waals surface area contributed by atoms with E-state index in [0.29, 0.717) is 11.7 Å². The maximum Gasteiger partial charge on any atom is 0.268 e. The van der Waals surface area contributed by atoms with E-state index in [-0.39, 0.29) is 11.9 Å². The molecule has 3 rings (SSSR count). The number of carbonyl (C=O) groups is 1. The molecule has 1 amide bonds. The van der Waals surface area contributed by atoms with E-state index in [1.54, 1.807) is 21.1 Å². The number of hydrogen-bond donors (Lipinski definition) is 0. The molecule has 0 aromatic heterocycles. The molecule has 0 radical (unpaired) electrons. The fraction of sp³-hybridized carbons (Fsp3) is 0.409. The van der Waals surface area contributed by atoms with Crippen LogP contribution in [0, 0.1) is 5.92 Å². The Morgan fingerprint density at radius 2 is 1.37 bits per heavy atom. The predicted octanol–water partition coefficient (Wildman–Crippen LogP) is 4.30. The highest BCUT2D eigenvalue weighted by Crippen LogP contribution is 2.37. The van der Waals surface area contributed by atoms with Gasteiger partial charge in [-0.15, -0.1) is 0 Å². The van der Waals surface area contributed by atoms with E-state index >= 15 is 0 Å². The van der Waals surface area contributed by atoms with E-state index < -0.39 is 6.10 Å². The summed E-state index contributed by atoms with van der Waals surface area (Å²) in [6.07, 6.45) is 1.73. The second kappa shape index (κ2) is 8.33. The zero-order valence-corrected chi connectivity index (χ0v) is 16.3. The van der Waals surface area contributed by atoms with Crippen LogP contribution in [0.5, 0.6) is 17.2 Å². The number of carbonyl (C=O) groups excluding carboxylic acids is 1. The van der Waals surface area contributed by atoms with Crippen molar-refractivity contribution < 1.29 is 19.0 Å². The molecule has 5 heteroatoms. The van der Waals surface area contributed by atoms with Crippen molar-refractivity contribution in [2.75, 3.05) is 19.1 Å². The van der Waals surface area contributed by atoms with Crippen molar-refractivity contribution in [2.24, 2.45) is 5.92 Å². The van der Waals surface area contributed by atoms with Crippen LogP contribution in [-0.2, 0) is 4.79 Å². The molecule has 5 nitrogen and oxygen atoms in total. The zero-order chi connectivity index (χ0) is 19.4. The second-order valence-electron chi connectivity index (χ2n) is 6.92. The van der Waals surface area contributed by atoms with Crippen molar-refractivity contribution in [3.05, 3.63) is 48.5 Å². The van der Waals surface area contributed by atoms with Gasteiger partial charge in [-0.25, -0.2) is 0 Å². The maximum atomic E-state index is 13.2. The fourth-order valence-corrected chi connectivity index (χ4v) is 3.20. The summed E-state index contributed by atoms with van der Waals surface area (Å²) in [5, 5.41) is 0. The van der Waals surface area contributed by atoms with E-state index in [2.05, 4.69) is 6.92 Å². The van der Waals surface area contributed by atoms with Crippen LogP contribution in [0.1, 0.15) is 26.7 Å². The third-order valence-electron chi connectivity index (χ3n) is 5.02. The van der Waals surface area contributed by atoms with Gasteiger partial charge in [0, 0.05) is 11.7 Å². The minimum absolute atomic E-state index is 0.0459. The summed E-state index contributed by atoms with van der Waals surface area (Å²) in [5.41, 5.74) is 0.866. The molecule has 0 heterocycles. The van der Waals surface area contributed by atoms with Gasteiger partial charge in [-0.3, -0.25) is 4.79 Å². The molecule has 0 saturated heterocycles. The Hall–Kier alpha value is -2.69. The van der Waals surface area contributed by atoms with E-state index in [1.807, 2.05) is 53.4 Å². The Morgan fingerprint density at radius 1 is 0.889 bits per heavy atom. The van der Waals surface area contributed by atoms with Crippen LogP contribution in [-0.4, -0.2) is 32.3 Å². The van der Waals surface area contributed by atoms with Crippen molar-refractivity contribution in [1.29, 1.82) is 0 Å². The van der Waals surface area contributed by atoms with E-state index in [1.165, 1.54) is 0 Å². The molecule has 0 aliphatic heterocycles. The molecule has 1 fully saturated rings. The lowest BCUT2D eigenvalue weighted by atomic mass is 10.1. The number of nitrogens with zero attached hydrogens (tertiary/aromatic N) is 1. The lowest BCUT2D eigenvalue weighted by Gasteiger charge is -2.32. The van der Waals surface area contributed by atoms with Gasteiger partial charge < -0.3 is 19.1 Å². The van der Waals surface area contributed by atoms with Gasteiger partial charge in [-0.05, 0) is 81.1 Å². The molecule has 2 atom stereocenters. The molecule has 144 valence electrons. The van der Waals surface area contributed by atoms with E-state index in [4.69, 9.17) is 14.2 Å². The maximum absolute atomic E-state index is 13.2. The van der Waals surface area contributed by atoms with Crippen LogP contribution >= 0.6 is 0 Å². The average molecular weight is 369 g/mol. The first-order valence-corrected chi connectivity index (χ1v) is 9.31. The first-order valence-electron chi connectivity index (χ1n) is 9.31. The second-order valence-corrected chi connectivity index (χ2v) is 6.92. The van der Waals surface area contributed by atoms with Gasteiger partial charge in [0.05, 0.1) is 14.2 Å². The van der Waals surface area contributed by atoms with Crippen LogP contribution in [0.3, 0.4) is 0 Å². The van der Waals surface area contributed by atoms with Crippen LogP contribution < -0.4 is 19.1 Å². The average Bonchev–Trinajstić information content (AvgIpc) is 3.54. The highest BCUT2D eigenvalue weighted by molar-refractivity contribution is 5.97. The lowest BCUT2D eigenvalue weighted by molar-refractivity contribution is -0.125. The Morgan fingerprint density at radius 3 is 1.85 bits per heavy atom. The highest BCUT2D eigenvalue weighted by Gasteiger charge is 2.37. The normalized spacial score (nSPS) is 15.6. The van der Waals surface area contributed by atoms with Crippen molar-refractivity contribution in [3.8, 4) is 17.2 Å². The number of ether oxygens (including phenoxy) is 3. The SMILES string of the molecule is COc1ccc(OC(C)C(=O)N(c2ccc(OC)cc2)C(C)C2CC2)cc1. The Bertz CT molecular complexity index is 753. The molecule has 0 N–H and O–H groups in total. The summed E-state index contributed by atoms with van der Waals surface area (Å²) < 4.78 is 16.3. The Balaban J connectivity index is 1.78. The van der Waals surface area contributed by atoms with Gasteiger partial charge in [0.25, 0.3) is 5.91 Å². The standard InChI is InChI=1S/C22H27NO4/c1-15(17-5-6-17)23(18-7-9-19(25-3)10-8-18)22(24)16(2)27-21-13-11-20(26-4)12-14-21/h7-17H,5-6H2,1-4H3. The van der Waals surface area contributed by atoms with Gasteiger partial charge in [0.15, 0.2) is 6.10 Å². The number of hydrogen-bond acceptors (Lipinski definition) is 4. The number of amides is 1. The third kappa shape index (κ3) is 4.54. The van der Waals surface area contributed by atoms with Crippen LogP contribution in [0.15, 0.2) is 48.5 Å². The van der Waals surface area contributed by atoms with E-state index in [0.717, 1.165) is 30.0 Å². The monoisotopic (exact) mass is 369 g/mol. The molecule has 2 unspecified atom stereocenters. The molecule has 0 spiro atoms. The van der Waals surface area contributed by atoms with Crippen LogP contribution in [0.2, 0.25) is 0 Å². The van der Waals surface area contributed by atoms with E-state index in [9.17, 15) is 4.79 Å². The third-order valence-corrected chi connectivity index (χ3v) is 5.02. The van der Waals surface area contributed by atoms with Gasteiger partial charge in [0.1, 0.15) is 17.2 Å². The molecular weight excluding hydrogens is 342 g/mol. The summed E-state index contributed by atoms with van der Waals surface area (Å²) >= 11 is 0. The van der Waals surface area contributed by atoms with Crippen LogP contribution in [0.4, 0.5) is 5.69 Å². The molecule has 1 aliphatic rings. The quantitative estimate of drug-likeness (QED) is 0.696. The number of benzene rings is 2. The van der Waals surface area contributed by atoms with Crippen molar-refractivity contribution in [1.82, 2.24) is 0 Å². The van der Waals surface area contributed by atoms with Gasteiger partial charge in [-0.1, -0.05) is 0 Å². The molecule has 2 aromatic carbocycles. The molecule has 0 bridgehead atoms. The van der Waals surface area contributed by atoms with Gasteiger partial charge in [0.2, 0.25) is 0 Å². The predicted molar refractivity (Wildman–Crippen MR) is 106 cm³/mol. The highest BCUT2D eigenvalue weighted by atomic mass is 16.5. The van der Waals surface area contributed by atoms with Crippen LogP contribution in [0.25, 0.3) is 0 Å². The van der Waals surface area contributed by atoms with Crippen molar-refractivity contribution in [2.45, 2.75) is 38.8 Å². The first-order chi connectivity index (χ1) is 13.0. The smallest absolute Gasteiger partial charge is 0.268 e. The van der Waals surface area contributed by atoms with Gasteiger partial charge in [-0.2, -0.15) is 0 Å². The van der Waals surface area contributed by atoms with Crippen molar-refractivity contribution >= 4 is 11.6 Å². The summed E-state index contributed by atoms with van der Waals surface area (Å²) in [7, 11) is 3.25. The molecular formula is C22H27NO4. The Kier molecular flexibility index (Phi) is 5.89. The number of rotatable bonds is 8. The Labute approximate surface area is 160 Å².